The second-order valence-corrected chi connectivity index (χ2v) is 7.38. The smallest absolute Gasteiger partial charge is 0.113 e. The number of fused-ring (bicyclic) bond motifs is 1. The van der Waals surface area contributed by atoms with Gasteiger partial charge in [0.1, 0.15) is 5.82 Å². The topological polar surface area (TPSA) is 17.8 Å². The van der Waals surface area contributed by atoms with E-state index >= 15 is 0 Å². The summed E-state index contributed by atoms with van der Waals surface area (Å²) < 4.78 is 2.32. The maximum atomic E-state index is 6.41. The lowest BCUT2D eigenvalue weighted by Gasteiger charge is -2.32. The molecule has 0 amide bonds. The fourth-order valence-electron chi connectivity index (χ4n) is 3.53. The summed E-state index contributed by atoms with van der Waals surface area (Å²) in [5.74, 6) is 1.16. The first-order valence-electron chi connectivity index (χ1n) is 7.76. The average Bonchev–Trinajstić information content (AvgIpc) is 2.73. The van der Waals surface area contributed by atoms with Crippen LogP contribution in [0.4, 0.5) is 0 Å². The van der Waals surface area contributed by atoms with Crippen LogP contribution in [0.25, 0.3) is 11.0 Å². The molecule has 2 nitrogen and oxygen atoms in total. The first kappa shape index (κ1) is 14.6. The molecule has 1 heterocycles. The van der Waals surface area contributed by atoms with Crippen molar-refractivity contribution < 1.29 is 0 Å². The van der Waals surface area contributed by atoms with Gasteiger partial charge in [0, 0.05) is 13.0 Å². The number of aromatic nitrogens is 2. The molecule has 112 valence electrons. The Bertz CT molecular complexity index is 682. The lowest BCUT2D eigenvalue weighted by atomic mass is 9.76. The minimum absolute atomic E-state index is 0.156. The van der Waals surface area contributed by atoms with E-state index in [1.807, 2.05) is 0 Å². The minimum atomic E-state index is 0.156. The summed E-state index contributed by atoms with van der Waals surface area (Å²) in [5, 5.41) is 0.156. The Balaban J connectivity index is 1.95. The van der Waals surface area contributed by atoms with Gasteiger partial charge in [0.25, 0.3) is 0 Å². The van der Waals surface area contributed by atoms with Crippen LogP contribution in [0.3, 0.4) is 0 Å². The Kier molecular flexibility index (Phi) is 3.83. The fourth-order valence-corrected chi connectivity index (χ4v) is 4.12. The molecular weight excluding hydrogens is 280 g/mol. The van der Waals surface area contributed by atoms with Crippen LogP contribution in [0.1, 0.15) is 39.4 Å². The highest BCUT2D eigenvalue weighted by atomic mass is 35.5. The predicted octanol–water partition coefficient (Wildman–Crippen LogP) is 4.95. The van der Waals surface area contributed by atoms with Gasteiger partial charge in [-0.3, -0.25) is 0 Å². The number of para-hydroxylation sites is 2. The number of nitrogens with zero attached hydrogens (tertiary/aromatic N) is 2. The number of hydrogen-bond donors (Lipinski definition) is 0. The van der Waals surface area contributed by atoms with E-state index in [1.165, 1.54) is 11.1 Å². The largest absolute Gasteiger partial charge is 0.328 e. The molecule has 0 radical (unpaired) electrons. The third-order valence-corrected chi connectivity index (χ3v) is 4.59. The number of alkyl halides is 1. The van der Waals surface area contributed by atoms with Gasteiger partial charge in [-0.15, -0.1) is 11.6 Å². The van der Waals surface area contributed by atoms with Crippen molar-refractivity contribution >= 4 is 22.6 Å². The molecule has 1 unspecified atom stereocenters. The second kappa shape index (κ2) is 5.49. The zero-order chi connectivity index (χ0) is 15.0. The van der Waals surface area contributed by atoms with Crippen LogP contribution in [0.15, 0.2) is 35.9 Å². The third kappa shape index (κ3) is 3.01. The van der Waals surface area contributed by atoms with E-state index < -0.39 is 0 Å². The van der Waals surface area contributed by atoms with E-state index in [4.69, 9.17) is 16.6 Å². The van der Waals surface area contributed by atoms with Gasteiger partial charge in [-0.25, -0.2) is 4.98 Å². The zero-order valence-electron chi connectivity index (χ0n) is 13.1. The van der Waals surface area contributed by atoms with E-state index in [2.05, 4.69) is 55.7 Å². The highest BCUT2D eigenvalue weighted by molar-refractivity contribution is 6.21. The van der Waals surface area contributed by atoms with Crippen LogP contribution >= 0.6 is 11.6 Å². The Morgan fingerprint density at radius 3 is 2.81 bits per heavy atom. The monoisotopic (exact) mass is 302 g/mol. The van der Waals surface area contributed by atoms with E-state index in [0.29, 0.717) is 5.41 Å². The molecule has 0 saturated heterocycles. The van der Waals surface area contributed by atoms with Crippen molar-refractivity contribution in [1.29, 1.82) is 0 Å². The van der Waals surface area contributed by atoms with Gasteiger partial charge in [-0.1, -0.05) is 37.6 Å². The summed E-state index contributed by atoms with van der Waals surface area (Å²) in [6, 6.07) is 8.38. The molecule has 1 aliphatic carbocycles. The number of aryl methyl sites for hydroxylation is 1. The Morgan fingerprint density at radius 2 is 2.10 bits per heavy atom. The molecule has 1 aromatic carbocycles. The zero-order valence-corrected chi connectivity index (χ0v) is 13.8. The van der Waals surface area contributed by atoms with E-state index in [0.717, 1.165) is 37.1 Å². The summed E-state index contributed by atoms with van der Waals surface area (Å²) >= 11 is 6.41. The van der Waals surface area contributed by atoms with Gasteiger partial charge in [0.05, 0.1) is 16.4 Å². The standard InChI is InChI=1S/C18H23ClN2/c1-4-21-16-8-6-5-7-15(16)20-17(21)10-13-9-14(19)12-18(2,3)11-13/h5-9,14H,4,10-12H2,1-3H3. The predicted molar refractivity (Wildman–Crippen MR) is 89.9 cm³/mol. The molecule has 1 aromatic heterocycles. The maximum absolute atomic E-state index is 6.41. The van der Waals surface area contributed by atoms with Gasteiger partial charge < -0.3 is 4.57 Å². The van der Waals surface area contributed by atoms with Gasteiger partial charge >= 0.3 is 0 Å². The van der Waals surface area contributed by atoms with Crippen molar-refractivity contribution in [3.05, 3.63) is 41.7 Å². The second-order valence-electron chi connectivity index (χ2n) is 6.82. The van der Waals surface area contributed by atoms with Crippen molar-refractivity contribution in [2.75, 3.05) is 0 Å². The first-order valence-corrected chi connectivity index (χ1v) is 8.20. The molecule has 0 aliphatic heterocycles. The normalized spacial score (nSPS) is 21.5. The quantitative estimate of drug-likeness (QED) is 0.579. The Hall–Kier alpha value is -1.28. The summed E-state index contributed by atoms with van der Waals surface area (Å²) in [5.41, 5.74) is 4.04. The summed E-state index contributed by atoms with van der Waals surface area (Å²) in [6.07, 6.45) is 5.33. The van der Waals surface area contributed by atoms with Crippen LogP contribution in [0.5, 0.6) is 0 Å². The van der Waals surface area contributed by atoms with Crippen LogP contribution < -0.4 is 0 Å². The van der Waals surface area contributed by atoms with Gasteiger partial charge in [0.15, 0.2) is 0 Å². The van der Waals surface area contributed by atoms with E-state index in [9.17, 15) is 0 Å². The van der Waals surface area contributed by atoms with Gasteiger partial charge in [-0.2, -0.15) is 0 Å². The van der Waals surface area contributed by atoms with E-state index in [1.54, 1.807) is 0 Å². The van der Waals surface area contributed by atoms with Crippen molar-refractivity contribution in [3.63, 3.8) is 0 Å². The Morgan fingerprint density at radius 1 is 1.33 bits per heavy atom. The minimum Gasteiger partial charge on any atom is -0.328 e. The van der Waals surface area contributed by atoms with Crippen LogP contribution in [-0.4, -0.2) is 14.9 Å². The molecule has 1 aliphatic rings. The van der Waals surface area contributed by atoms with Crippen LogP contribution in [0, 0.1) is 5.41 Å². The number of hydrogen-bond acceptors (Lipinski definition) is 1. The number of rotatable bonds is 3. The highest BCUT2D eigenvalue weighted by Gasteiger charge is 2.28. The van der Waals surface area contributed by atoms with Gasteiger partial charge in [0.2, 0.25) is 0 Å². The van der Waals surface area contributed by atoms with Crippen LogP contribution in [0.2, 0.25) is 0 Å². The molecule has 21 heavy (non-hydrogen) atoms. The van der Waals surface area contributed by atoms with E-state index in [-0.39, 0.29) is 5.38 Å². The molecule has 1 atom stereocenters. The van der Waals surface area contributed by atoms with Crippen molar-refractivity contribution in [3.8, 4) is 0 Å². The number of halogens is 1. The molecule has 0 saturated carbocycles. The molecule has 2 aromatic rings. The molecule has 0 N–H and O–H groups in total. The molecule has 0 fully saturated rings. The SMILES string of the molecule is CCn1c(CC2=CC(Cl)CC(C)(C)C2)nc2ccccc21. The first-order chi connectivity index (χ1) is 9.98. The fraction of sp³-hybridized carbons (Fsp3) is 0.500. The average molecular weight is 303 g/mol. The lowest BCUT2D eigenvalue weighted by Crippen LogP contribution is -2.23. The summed E-state index contributed by atoms with van der Waals surface area (Å²) in [7, 11) is 0. The number of imidazole rings is 1. The molecule has 0 bridgehead atoms. The van der Waals surface area contributed by atoms with Crippen LogP contribution in [-0.2, 0) is 13.0 Å². The molecule has 3 heteroatoms. The van der Waals surface area contributed by atoms with Crippen molar-refractivity contribution in [2.24, 2.45) is 5.41 Å². The number of benzene rings is 1. The summed E-state index contributed by atoms with van der Waals surface area (Å²) in [4.78, 5) is 4.83. The maximum Gasteiger partial charge on any atom is 0.113 e. The Labute approximate surface area is 131 Å². The summed E-state index contributed by atoms with van der Waals surface area (Å²) in [6.45, 7) is 7.74. The molecule has 0 spiro atoms. The molecule has 3 rings (SSSR count). The van der Waals surface area contributed by atoms with Crippen molar-refractivity contribution in [2.45, 2.75) is 52.0 Å². The lowest BCUT2D eigenvalue weighted by molar-refractivity contribution is 0.319. The van der Waals surface area contributed by atoms with Gasteiger partial charge in [-0.05, 0) is 37.3 Å². The number of allylic oxidation sites excluding steroid dienone is 2. The van der Waals surface area contributed by atoms with Crippen molar-refractivity contribution in [1.82, 2.24) is 9.55 Å². The molecular formula is C18H23ClN2. The third-order valence-electron chi connectivity index (χ3n) is 4.30. The highest BCUT2D eigenvalue weighted by Crippen LogP contribution is 2.38.